The third-order valence-corrected chi connectivity index (χ3v) is 4.23. The Labute approximate surface area is 173 Å². The third kappa shape index (κ3) is 5.73. The van der Waals surface area contributed by atoms with Gasteiger partial charge in [-0.15, -0.1) is 0 Å². The van der Waals surface area contributed by atoms with Crippen molar-refractivity contribution in [1.29, 1.82) is 0 Å². The quantitative estimate of drug-likeness (QED) is 0.452. The molecule has 148 valence electrons. The fourth-order valence-electron chi connectivity index (χ4n) is 2.53. The van der Waals surface area contributed by atoms with E-state index in [0.29, 0.717) is 28.8 Å². The van der Waals surface area contributed by atoms with Crippen LogP contribution in [0.2, 0.25) is 5.02 Å². The molecule has 0 unspecified atom stereocenters. The lowest BCUT2D eigenvalue weighted by Crippen LogP contribution is -2.21. The topological polar surface area (TPSA) is 83.0 Å². The summed E-state index contributed by atoms with van der Waals surface area (Å²) in [5.41, 5.74) is 5.36. The standard InChI is InChI=1S/C22H19ClN2O4/c1-28-21-12-15(13-24-25-19-8-6-17(7-9-19)22(26)27)5-10-20(21)29-14-16-3-2-4-18(23)11-16/h2-13,25H,14H2,1H3,(H,26,27)/p-1/b24-13-. The van der Waals surface area contributed by atoms with Gasteiger partial charge in [0, 0.05) is 5.02 Å². The van der Waals surface area contributed by atoms with Crippen LogP contribution in [0.25, 0.3) is 0 Å². The van der Waals surface area contributed by atoms with E-state index in [2.05, 4.69) is 10.5 Å². The van der Waals surface area contributed by atoms with Gasteiger partial charge in [-0.05, 0) is 59.2 Å². The summed E-state index contributed by atoms with van der Waals surface area (Å²) in [6, 6.07) is 19.0. The summed E-state index contributed by atoms with van der Waals surface area (Å²) in [4.78, 5) is 10.8. The Hall–Kier alpha value is -3.51. The van der Waals surface area contributed by atoms with Gasteiger partial charge < -0.3 is 19.4 Å². The SMILES string of the molecule is COc1cc(/C=N\Nc2ccc(C(=O)[O-])cc2)ccc1OCc1cccc(Cl)c1. The molecule has 0 aliphatic heterocycles. The second kappa shape index (κ2) is 9.61. The van der Waals surface area contributed by atoms with Crippen LogP contribution in [-0.2, 0) is 6.61 Å². The number of rotatable bonds is 8. The highest BCUT2D eigenvalue weighted by Crippen LogP contribution is 2.28. The summed E-state index contributed by atoms with van der Waals surface area (Å²) in [6.07, 6.45) is 1.62. The number of anilines is 1. The molecule has 0 bridgehead atoms. The second-order valence-corrected chi connectivity index (χ2v) is 6.50. The van der Waals surface area contributed by atoms with Gasteiger partial charge in [-0.3, -0.25) is 5.43 Å². The molecule has 0 spiro atoms. The van der Waals surface area contributed by atoms with E-state index in [1.807, 2.05) is 30.3 Å². The smallest absolute Gasteiger partial charge is 0.161 e. The van der Waals surface area contributed by atoms with E-state index in [1.54, 1.807) is 37.6 Å². The average molecular weight is 410 g/mol. The molecule has 6 nitrogen and oxygen atoms in total. The number of hydrogen-bond acceptors (Lipinski definition) is 6. The van der Waals surface area contributed by atoms with E-state index >= 15 is 0 Å². The Morgan fingerprint density at radius 3 is 2.59 bits per heavy atom. The van der Waals surface area contributed by atoms with Crippen molar-refractivity contribution in [3.05, 3.63) is 88.4 Å². The number of nitrogens with one attached hydrogen (secondary N) is 1. The minimum Gasteiger partial charge on any atom is -0.545 e. The maximum atomic E-state index is 10.8. The van der Waals surface area contributed by atoms with Crippen LogP contribution in [0.15, 0.2) is 71.8 Å². The number of nitrogens with zero attached hydrogens (tertiary/aromatic N) is 1. The molecule has 0 aliphatic rings. The van der Waals surface area contributed by atoms with Crippen LogP contribution in [0.4, 0.5) is 5.69 Å². The first-order chi connectivity index (χ1) is 14.0. The van der Waals surface area contributed by atoms with Crippen molar-refractivity contribution in [2.45, 2.75) is 6.61 Å². The van der Waals surface area contributed by atoms with Crippen LogP contribution < -0.4 is 20.0 Å². The summed E-state index contributed by atoms with van der Waals surface area (Å²) in [5, 5.41) is 15.6. The Morgan fingerprint density at radius 2 is 1.90 bits per heavy atom. The third-order valence-electron chi connectivity index (χ3n) is 4.00. The molecule has 0 atom stereocenters. The average Bonchev–Trinajstić information content (AvgIpc) is 2.73. The summed E-state index contributed by atoms with van der Waals surface area (Å²) in [5.74, 6) is -0.0328. The zero-order valence-corrected chi connectivity index (χ0v) is 16.3. The van der Waals surface area contributed by atoms with E-state index in [1.165, 1.54) is 12.1 Å². The predicted molar refractivity (Wildman–Crippen MR) is 111 cm³/mol. The lowest BCUT2D eigenvalue weighted by Gasteiger charge is -2.11. The van der Waals surface area contributed by atoms with Gasteiger partial charge in [-0.25, -0.2) is 0 Å². The Bertz CT molecular complexity index is 1020. The van der Waals surface area contributed by atoms with Gasteiger partial charge >= 0.3 is 0 Å². The molecule has 0 aliphatic carbocycles. The molecule has 0 radical (unpaired) electrons. The van der Waals surface area contributed by atoms with Crippen LogP contribution in [0.1, 0.15) is 21.5 Å². The van der Waals surface area contributed by atoms with E-state index in [4.69, 9.17) is 21.1 Å². The fourth-order valence-corrected chi connectivity index (χ4v) is 2.75. The number of hydrazone groups is 1. The first-order valence-electron chi connectivity index (χ1n) is 8.71. The highest BCUT2D eigenvalue weighted by atomic mass is 35.5. The van der Waals surface area contributed by atoms with Gasteiger partial charge in [0.05, 0.1) is 25.0 Å². The maximum Gasteiger partial charge on any atom is 0.161 e. The molecule has 1 N–H and O–H groups in total. The number of ether oxygens (including phenoxy) is 2. The lowest BCUT2D eigenvalue weighted by molar-refractivity contribution is -0.255. The van der Waals surface area contributed by atoms with Crippen LogP contribution in [0, 0.1) is 0 Å². The molecular formula is C22H18ClN2O4-. The maximum absolute atomic E-state index is 10.8. The number of aromatic carboxylic acids is 1. The van der Waals surface area contributed by atoms with E-state index in [9.17, 15) is 9.90 Å². The molecule has 0 amide bonds. The molecule has 0 aromatic heterocycles. The number of methoxy groups -OCH3 is 1. The van der Waals surface area contributed by atoms with Gasteiger partial charge in [-0.2, -0.15) is 5.10 Å². The highest BCUT2D eigenvalue weighted by molar-refractivity contribution is 6.30. The monoisotopic (exact) mass is 409 g/mol. The Kier molecular flexibility index (Phi) is 6.71. The van der Waals surface area contributed by atoms with Gasteiger partial charge in [0.25, 0.3) is 0 Å². The summed E-state index contributed by atoms with van der Waals surface area (Å²) in [6.45, 7) is 0.369. The predicted octanol–water partition coefficient (Wildman–Crippen LogP) is 3.74. The van der Waals surface area contributed by atoms with Gasteiger partial charge in [0.1, 0.15) is 6.61 Å². The van der Waals surface area contributed by atoms with E-state index < -0.39 is 5.97 Å². The number of carboxylic acid groups (broad SMARTS) is 1. The van der Waals surface area contributed by atoms with Crippen molar-refractivity contribution in [2.75, 3.05) is 12.5 Å². The number of benzene rings is 3. The van der Waals surface area contributed by atoms with Crippen molar-refractivity contribution < 1.29 is 19.4 Å². The van der Waals surface area contributed by atoms with Crippen molar-refractivity contribution in [1.82, 2.24) is 0 Å². The van der Waals surface area contributed by atoms with Crippen LogP contribution >= 0.6 is 11.6 Å². The molecule has 3 aromatic carbocycles. The van der Waals surface area contributed by atoms with Crippen LogP contribution in [0.5, 0.6) is 11.5 Å². The van der Waals surface area contributed by atoms with E-state index in [-0.39, 0.29) is 5.56 Å². The summed E-state index contributed by atoms with van der Waals surface area (Å²) in [7, 11) is 1.57. The minimum absolute atomic E-state index is 0.109. The van der Waals surface area contributed by atoms with Gasteiger partial charge in [0.2, 0.25) is 0 Å². The van der Waals surface area contributed by atoms with Crippen molar-refractivity contribution >= 4 is 29.5 Å². The first-order valence-corrected chi connectivity index (χ1v) is 9.09. The number of halogens is 1. The number of carboxylic acids is 1. The second-order valence-electron chi connectivity index (χ2n) is 6.06. The summed E-state index contributed by atoms with van der Waals surface area (Å²) >= 11 is 5.99. The molecular weight excluding hydrogens is 392 g/mol. The Balaban J connectivity index is 1.63. The molecule has 0 fully saturated rings. The number of carbonyl (C=O) groups excluding carboxylic acids is 1. The molecule has 0 saturated carbocycles. The van der Waals surface area contributed by atoms with Gasteiger partial charge in [0.15, 0.2) is 11.5 Å². The van der Waals surface area contributed by atoms with Crippen molar-refractivity contribution in [3.63, 3.8) is 0 Å². The van der Waals surface area contributed by atoms with Crippen molar-refractivity contribution in [3.8, 4) is 11.5 Å². The summed E-state index contributed by atoms with van der Waals surface area (Å²) < 4.78 is 11.2. The van der Waals surface area contributed by atoms with Gasteiger partial charge in [-0.1, -0.05) is 35.9 Å². The van der Waals surface area contributed by atoms with Crippen molar-refractivity contribution in [2.24, 2.45) is 5.10 Å². The normalized spacial score (nSPS) is 10.7. The molecule has 7 heteroatoms. The highest BCUT2D eigenvalue weighted by Gasteiger charge is 2.06. The fraction of sp³-hybridized carbons (Fsp3) is 0.0909. The molecule has 0 heterocycles. The zero-order chi connectivity index (χ0) is 20.6. The van der Waals surface area contributed by atoms with Crippen LogP contribution in [0.3, 0.4) is 0 Å². The number of hydrogen-bond donors (Lipinski definition) is 1. The largest absolute Gasteiger partial charge is 0.545 e. The van der Waals surface area contributed by atoms with E-state index in [0.717, 1.165) is 11.1 Å². The first kappa shape index (κ1) is 20.2. The molecule has 0 saturated heterocycles. The number of carbonyl (C=O) groups is 1. The minimum atomic E-state index is -1.22. The lowest BCUT2D eigenvalue weighted by atomic mass is 10.2. The Morgan fingerprint density at radius 1 is 1.10 bits per heavy atom. The molecule has 3 aromatic rings. The molecule has 29 heavy (non-hydrogen) atoms. The molecule has 3 rings (SSSR count). The zero-order valence-electron chi connectivity index (χ0n) is 15.6. The van der Waals surface area contributed by atoms with Crippen LogP contribution in [-0.4, -0.2) is 19.3 Å².